The zero-order valence-corrected chi connectivity index (χ0v) is 40.7. The number of ether oxygens (including phenoxy) is 4. The van der Waals surface area contributed by atoms with E-state index in [4.69, 9.17) is 18.9 Å². The first kappa shape index (κ1) is 57.8. The smallest absolute Gasteiger partial charge is 0.306 e. The molecule has 0 aromatic heterocycles. The van der Waals surface area contributed by atoms with Crippen molar-refractivity contribution in [1.82, 2.24) is 4.90 Å². The second kappa shape index (κ2) is 39.7. The lowest BCUT2D eigenvalue weighted by Crippen LogP contribution is -2.44. The minimum Gasteiger partial charge on any atom is -0.465 e. The van der Waals surface area contributed by atoms with Crippen molar-refractivity contribution in [1.29, 1.82) is 0 Å². The molecule has 0 amide bonds. The number of hydrogen-bond acceptors (Lipinski definition) is 9. The van der Waals surface area contributed by atoms with Gasteiger partial charge >= 0.3 is 23.9 Å². The highest BCUT2D eigenvalue weighted by atomic mass is 16.6. The van der Waals surface area contributed by atoms with Crippen LogP contribution in [0.25, 0.3) is 0 Å². The monoisotopic (exact) mass is 852 g/mol. The molecule has 0 N–H and O–H groups in total. The molecule has 0 atom stereocenters. The standard InChI is InChI=1S/C51H97NO8/c1-9-15-21-29-44(30-22-16-10-2)37-48(54)58-41-51(40-57-47(53)35-27-28-36-52(7)8,42-59-49(55)38-45(31-23-17-11-3)32-24-18-12-4)43-60-50(56)39-46(33-25-19-13-5)34-26-20-14-6/h44-46H,9-43H2,1-8H3. The molecular formula is C51H97NO8. The quantitative estimate of drug-likeness (QED) is 0.0336. The molecule has 9 heteroatoms. The molecule has 0 heterocycles. The third kappa shape index (κ3) is 33.5. The normalized spacial score (nSPS) is 11.9. The first-order chi connectivity index (χ1) is 29.0. The van der Waals surface area contributed by atoms with Gasteiger partial charge in [0, 0.05) is 25.7 Å². The van der Waals surface area contributed by atoms with E-state index in [1.807, 2.05) is 14.1 Å². The summed E-state index contributed by atoms with van der Waals surface area (Å²) in [6.45, 7) is 13.3. The van der Waals surface area contributed by atoms with Crippen LogP contribution in [-0.2, 0) is 38.1 Å². The van der Waals surface area contributed by atoms with Gasteiger partial charge in [-0.25, -0.2) is 0 Å². The molecule has 0 fully saturated rings. The van der Waals surface area contributed by atoms with E-state index in [-0.39, 0.29) is 74.5 Å². The SMILES string of the molecule is CCCCCC(CCCCC)CC(=O)OCC(COC(=O)CCCCN(C)C)(COC(=O)CC(CCCCC)CCCCC)COC(=O)CC(CCCCC)CCCCC. The Hall–Kier alpha value is -2.16. The van der Waals surface area contributed by atoms with Gasteiger partial charge in [0.2, 0.25) is 0 Å². The van der Waals surface area contributed by atoms with E-state index < -0.39 is 5.41 Å². The third-order valence-electron chi connectivity index (χ3n) is 12.1. The van der Waals surface area contributed by atoms with Crippen LogP contribution in [0.1, 0.15) is 234 Å². The summed E-state index contributed by atoms with van der Waals surface area (Å²) >= 11 is 0. The Balaban J connectivity index is 6.46. The Kier molecular flexibility index (Phi) is 38.2. The van der Waals surface area contributed by atoms with Gasteiger partial charge in [-0.15, -0.1) is 0 Å². The van der Waals surface area contributed by atoms with E-state index in [0.29, 0.717) is 25.7 Å². The molecule has 0 spiro atoms. The molecule has 0 aromatic rings. The van der Waals surface area contributed by atoms with Crippen molar-refractivity contribution in [2.45, 2.75) is 234 Å². The lowest BCUT2D eigenvalue weighted by molar-refractivity contribution is -0.171. The molecule has 0 aliphatic carbocycles. The molecule has 60 heavy (non-hydrogen) atoms. The van der Waals surface area contributed by atoms with E-state index in [1.165, 1.54) is 0 Å². The summed E-state index contributed by atoms with van der Waals surface area (Å²) in [5.74, 6) is -0.620. The van der Waals surface area contributed by atoms with Gasteiger partial charge in [-0.1, -0.05) is 157 Å². The fourth-order valence-electron chi connectivity index (χ4n) is 7.98. The minimum atomic E-state index is -1.24. The third-order valence-corrected chi connectivity index (χ3v) is 12.1. The zero-order chi connectivity index (χ0) is 44.7. The summed E-state index contributed by atoms with van der Waals surface area (Å²) in [6, 6.07) is 0. The first-order valence-electron chi connectivity index (χ1n) is 25.2. The van der Waals surface area contributed by atoms with E-state index >= 15 is 0 Å². The molecule has 0 unspecified atom stereocenters. The number of unbranched alkanes of at least 4 members (excludes halogenated alkanes) is 13. The summed E-state index contributed by atoms with van der Waals surface area (Å²) in [7, 11) is 4.01. The van der Waals surface area contributed by atoms with Crippen LogP contribution < -0.4 is 0 Å². The minimum absolute atomic E-state index is 0.177. The summed E-state index contributed by atoms with van der Waals surface area (Å²) in [5, 5.41) is 0. The molecule has 354 valence electrons. The second-order valence-corrected chi connectivity index (χ2v) is 18.6. The average molecular weight is 852 g/mol. The van der Waals surface area contributed by atoms with Crippen LogP contribution >= 0.6 is 0 Å². The van der Waals surface area contributed by atoms with Crippen LogP contribution in [0.3, 0.4) is 0 Å². The molecular weight excluding hydrogens is 755 g/mol. The predicted molar refractivity (Wildman–Crippen MR) is 248 cm³/mol. The number of hydrogen-bond donors (Lipinski definition) is 0. The van der Waals surface area contributed by atoms with Crippen molar-refractivity contribution in [2.24, 2.45) is 23.2 Å². The van der Waals surface area contributed by atoms with Gasteiger partial charge in [0.05, 0.1) is 0 Å². The fourth-order valence-corrected chi connectivity index (χ4v) is 7.98. The predicted octanol–water partition coefficient (Wildman–Crippen LogP) is 13.4. The van der Waals surface area contributed by atoms with Crippen LogP contribution in [0, 0.1) is 23.2 Å². The van der Waals surface area contributed by atoms with Gasteiger partial charge in [-0.2, -0.15) is 0 Å². The van der Waals surface area contributed by atoms with Crippen molar-refractivity contribution in [3.63, 3.8) is 0 Å². The fraction of sp³-hybridized carbons (Fsp3) is 0.922. The molecule has 0 aromatic carbocycles. The van der Waals surface area contributed by atoms with Crippen molar-refractivity contribution in [2.75, 3.05) is 47.1 Å². The Morgan fingerprint density at radius 1 is 0.383 bits per heavy atom. The molecule has 0 rings (SSSR count). The number of carbonyl (C=O) groups excluding carboxylic acids is 4. The number of carbonyl (C=O) groups is 4. The largest absolute Gasteiger partial charge is 0.465 e. The van der Waals surface area contributed by atoms with Crippen molar-refractivity contribution in [3.05, 3.63) is 0 Å². The average Bonchev–Trinajstić information content (AvgIpc) is 3.22. The van der Waals surface area contributed by atoms with Gasteiger partial charge in [0.1, 0.15) is 31.8 Å². The first-order valence-corrected chi connectivity index (χ1v) is 25.2. The van der Waals surface area contributed by atoms with Gasteiger partial charge in [-0.3, -0.25) is 19.2 Å². The maximum atomic E-state index is 13.7. The van der Waals surface area contributed by atoms with Crippen molar-refractivity contribution in [3.8, 4) is 0 Å². The highest BCUT2D eigenvalue weighted by Gasteiger charge is 2.38. The van der Waals surface area contributed by atoms with Crippen LogP contribution in [-0.4, -0.2) is 75.8 Å². The molecule has 0 saturated carbocycles. The van der Waals surface area contributed by atoms with Gasteiger partial charge in [0.15, 0.2) is 0 Å². The Labute approximate surface area is 370 Å². The van der Waals surface area contributed by atoms with Gasteiger partial charge < -0.3 is 23.8 Å². The van der Waals surface area contributed by atoms with Crippen LogP contribution in [0.5, 0.6) is 0 Å². The highest BCUT2D eigenvalue weighted by Crippen LogP contribution is 2.28. The van der Waals surface area contributed by atoms with Crippen molar-refractivity contribution >= 4 is 23.9 Å². The lowest BCUT2D eigenvalue weighted by atomic mass is 9.90. The lowest BCUT2D eigenvalue weighted by Gasteiger charge is -2.32. The van der Waals surface area contributed by atoms with Gasteiger partial charge in [-0.05, 0) is 89.8 Å². The molecule has 0 radical (unpaired) electrons. The Morgan fingerprint density at radius 2 is 0.650 bits per heavy atom. The Morgan fingerprint density at radius 3 is 0.900 bits per heavy atom. The Bertz CT molecular complexity index is 916. The maximum Gasteiger partial charge on any atom is 0.306 e. The summed E-state index contributed by atoms with van der Waals surface area (Å²) in [4.78, 5) is 56.2. The highest BCUT2D eigenvalue weighted by molar-refractivity contribution is 5.71. The van der Waals surface area contributed by atoms with E-state index in [2.05, 4.69) is 46.4 Å². The van der Waals surface area contributed by atoms with Crippen LogP contribution in [0.4, 0.5) is 0 Å². The number of nitrogens with zero attached hydrogens (tertiary/aromatic N) is 1. The number of rotatable bonds is 43. The van der Waals surface area contributed by atoms with E-state index in [0.717, 1.165) is 167 Å². The maximum absolute atomic E-state index is 13.7. The molecule has 0 aliphatic heterocycles. The van der Waals surface area contributed by atoms with Gasteiger partial charge in [0.25, 0.3) is 0 Å². The summed E-state index contributed by atoms with van der Waals surface area (Å²) in [6.07, 6.45) is 28.6. The summed E-state index contributed by atoms with van der Waals surface area (Å²) in [5.41, 5.74) is -1.24. The molecule has 9 nitrogen and oxygen atoms in total. The van der Waals surface area contributed by atoms with E-state index in [1.54, 1.807) is 0 Å². The van der Waals surface area contributed by atoms with Crippen LogP contribution in [0.2, 0.25) is 0 Å². The molecule has 0 bridgehead atoms. The number of esters is 4. The van der Waals surface area contributed by atoms with Crippen LogP contribution in [0.15, 0.2) is 0 Å². The second-order valence-electron chi connectivity index (χ2n) is 18.6. The molecule has 0 aliphatic rings. The van der Waals surface area contributed by atoms with Crippen molar-refractivity contribution < 1.29 is 38.1 Å². The van der Waals surface area contributed by atoms with E-state index in [9.17, 15) is 19.2 Å². The summed E-state index contributed by atoms with van der Waals surface area (Å²) < 4.78 is 24.2. The zero-order valence-electron chi connectivity index (χ0n) is 40.7. The molecule has 0 saturated heterocycles. The topological polar surface area (TPSA) is 108 Å².